The third-order valence-electron chi connectivity index (χ3n) is 5.68. The van der Waals surface area contributed by atoms with Crippen LogP contribution in [-0.2, 0) is 17.8 Å². The van der Waals surface area contributed by atoms with Crippen molar-refractivity contribution in [2.45, 2.75) is 24.8 Å². The summed E-state index contributed by atoms with van der Waals surface area (Å²) >= 11 is 1.92. The lowest BCUT2D eigenvalue weighted by molar-refractivity contribution is -0.124. The monoisotopic (exact) mass is 446 g/mol. The van der Waals surface area contributed by atoms with Crippen LogP contribution in [-0.4, -0.2) is 31.4 Å². The van der Waals surface area contributed by atoms with E-state index in [4.69, 9.17) is 4.74 Å². The summed E-state index contributed by atoms with van der Waals surface area (Å²) in [4.78, 5) is 16.2. The molecular weight excluding hydrogens is 416 g/mol. The quantitative estimate of drug-likeness (QED) is 0.492. The Morgan fingerprint density at radius 1 is 1.00 bits per heavy atom. The molecule has 3 aromatic carbocycles. The number of nitrogens with zero attached hydrogens (tertiary/aromatic N) is 1. The molecule has 1 atom stereocenters. The summed E-state index contributed by atoms with van der Waals surface area (Å²) in [5.41, 5.74) is 3.56. The summed E-state index contributed by atoms with van der Waals surface area (Å²) in [6, 6.07) is 26.7. The highest BCUT2D eigenvalue weighted by molar-refractivity contribution is 7.99. The van der Waals surface area contributed by atoms with Gasteiger partial charge in [0.25, 0.3) is 0 Å². The minimum atomic E-state index is -0.0810. The van der Waals surface area contributed by atoms with Crippen LogP contribution in [0.3, 0.4) is 0 Å². The number of thioether (sulfide) groups is 1. The molecule has 0 saturated heterocycles. The van der Waals surface area contributed by atoms with Gasteiger partial charge in [-0.25, -0.2) is 0 Å². The molecule has 166 valence electrons. The van der Waals surface area contributed by atoms with Crippen LogP contribution in [0.1, 0.15) is 18.1 Å². The Balaban J connectivity index is 1.21. The second kappa shape index (κ2) is 11.1. The summed E-state index contributed by atoms with van der Waals surface area (Å²) in [5.74, 6) is 1.98. The minimum absolute atomic E-state index is 0.0779. The number of fused-ring (bicyclic) bond motifs is 1. The molecule has 5 heteroatoms. The Hall–Kier alpha value is -2.92. The van der Waals surface area contributed by atoms with Crippen LogP contribution in [0, 0.1) is 5.92 Å². The highest BCUT2D eigenvalue weighted by Crippen LogP contribution is 2.34. The van der Waals surface area contributed by atoms with Crippen molar-refractivity contribution in [3.8, 4) is 5.75 Å². The molecule has 1 amide bonds. The molecule has 1 unspecified atom stereocenters. The Morgan fingerprint density at radius 3 is 2.56 bits per heavy atom. The van der Waals surface area contributed by atoms with Crippen molar-refractivity contribution in [3.63, 3.8) is 0 Å². The Labute approximate surface area is 195 Å². The number of hydrogen-bond acceptors (Lipinski definition) is 4. The van der Waals surface area contributed by atoms with Gasteiger partial charge in [-0.1, -0.05) is 61.5 Å². The van der Waals surface area contributed by atoms with Crippen LogP contribution in [0.2, 0.25) is 0 Å². The fraction of sp³-hybridized carbons (Fsp3) is 0.296. The number of rotatable bonds is 9. The van der Waals surface area contributed by atoms with Crippen LogP contribution in [0.15, 0.2) is 83.8 Å². The number of hydrogen-bond donors (Lipinski definition) is 1. The number of para-hydroxylation sites is 1. The predicted octanol–water partition coefficient (Wildman–Crippen LogP) is 5.17. The third kappa shape index (κ3) is 6.07. The van der Waals surface area contributed by atoms with E-state index in [1.807, 2.05) is 61.2 Å². The molecule has 0 aliphatic carbocycles. The Morgan fingerprint density at radius 2 is 1.75 bits per heavy atom. The maximum Gasteiger partial charge on any atom is 0.223 e. The summed E-state index contributed by atoms with van der Waals surface area (Å²) in [5, 5.41) is 3.03. The lowest BCUT2D eigenvalue weighted by atomic mass is 10.00. The Kier molecular flexibility index (Phi) is 7.73. The standard InChI is InChI=1S/C27H30N2O2S/c1-21(27(30)28-20-23-7-3-2-4-8-23)19-22-11-13-24(14-12-22)31-17-15-29-16-18-32-26-10-6-5-9-25(26)29/h2-14,21H,15-20H2,1H3,(H,28,30). The van der Waals surface area contributed by atoms with Crippen LogP contribution in [0.5, 0.6) is 5.75 Å². The predicted molar refractivity (Wildman–Crippen MR) is 132 cm³/mol. The highest BCUT2D eigenvalue weighted by atomic mass is 32.2. The number of ether oxygens (including phenoxy) is 1. The smallest absolute Gasteiger partial charge is 0.223 e. The van der Waals surface area contributed by atoms with Crippen molar-refractivity contribution in [3.05, 3.63) is 90.0 Å². The van der Waals surface area contributed by atoms with Gasteiger partial charge in [-0.2, -0.15) is 0 Å². The molecule has 1 heterocycles. The zero-order valence-corrected chi connectivity index (χ0v) is 19.3. The van der Waals surface area contributed by atoms with Crippen LogP contribution in [0.25, 0.3) is 0 Å². The van der Waals surface area contributed by atoms with Gasteiger partial charge in [0.1, 0.15) is 12.4 Å². The molecular formula is C27H30N2O2S. The molecule has 0 fully saturated rings. The molecule has 0 aromatic heterocycles. The Bertz CT molecular complexity index is 1010. The zero-order valence-electron chi connectivity index (χ0n) is 18.5. The maximum absolute atomic E-state index is 12.4. The largest absolute Gasteiger partial charge is 0.492 e. The molecule has 0 radical (unpaired) electrons. The lowest BCUT2D eigenvalue weighted by Gasteiger charge is -2.30. The summed E-state index contributed by atoms with van der Waals surface area (Å²) < 4.78 is 5.99. The highest BCUT2D eigenvalue weighted by Gasteiger charge is 2.16. The summed E-state index contributed by atoms with van der Waals surface area (Å²) in [7, 11) is 0. The number of carbonyl (C=O) groups excluding carboxylic acids is 1. The van der Waals surface area contributed by atoms with Gasteiger partial charge in [0.2, 0.25) is 5.91 Å². The number of nitrogens with one attached hydrogen (secondary N) is 1. The number of carbonyl (C=O) groups is 1. The molecule has 4 nitrogen and oxygen atoms in total. The summed E-state index contributed by atoms with van der Waals surface area (Å²) in [6.07, 6.45) is 0.711. The topological polar surface area (TPSA) is 41.6 Å². The van der Waals surface area contributed by atoms with E-state index in [2.05, 4.69) is 46.6 Å². The van der Waals surface area contributed by atoms with E-state index in [1.165, 1.54) is 10.6 Å². The maximum atomic E-state index is 12.4. The van der Waals surface area contributed by atoms with Gasteiger partial charge in [-0.05, 0) is 41.8 Å². The minimum Gasteiger partial charge on any atom is -0.492 e. The first-order valence-electron chi connectivity index (χ1n) is 11.2. The normalized spacial score (nSPS) is 13.8. The molecule has 1 aliphatic heterocycles. The first kappa shape index (κ1) is 22.3. The van der Waals surface area contributed by atoms with E-state index in [9.17, 15) is 4.79 Å². The third-order valence-corrected chi connectivity index (χ3v) is 6.72. The molecule has 0 bridgehead atoms. The van der Waals surface area contributed by atoms with Gasteiger partial charge in [0.05, 0.1) is 12.2 Å². The number of anilines is 1. The fourth-order valence-corrected chi connectivity index (χ4v) is 4.91. The molecule has 1 N–H and O–H groups in total. The molecule has 32 heavy (non-hydrogen) atoms. The molecule has 1 aliphatic rings. The average molecular weight is 447 g/mol. The first-order valence-corrected chi connectivity index (χ1v) is 12.2. The van der Waals surface area contributed by atoms with Crippen LogP contribution in [0.4, 0.5) is 5.69 Å². The molecule has 0 spiro atoms. The molecule has 4 rings (SSSR count). The van der Waals surface area contributed by atoms with E-state index in [0.29, 0.717) is 19.6 Å². The van der Waals surface area contributed by atoms with Crippen molar-refractivity contribution in [2.75, 3.05) is 30.3 Å². The van der Waals surface area contributed by atoms with Gasteiger partial charge in [-0.15, -0.1) is 11.8 Å². The van der Waals surface area contributed by atoms with E-state index in [1.54, 1.807) is 0 Å². The van der Waals surface area contributed by atoms with E-state index < -0.39 is 0 Å². The van der Waals surface area contributed by atoms with Crippen molar-refractivity contribution < 1.29 is 9.53 Å². The average Bonchev–Trinajstić information content (AvgIpc) is 2.84. The van der Waals surface area contributed by atoms with Crippen molar-refractivity contribution >= 4 is 23.4 Å². The number of benzene rings is 3. The molecule has 0 saturated carbocycles. The second-order valence-electron chi connectivity index (χ2n) is 8.10. The second-order valence-corrected chi connectivity index (χ2v) is 9.24. The van der Waals surface area contributed by atoms with E-state index in [0.717, 1.165) is 35.7 Å². The van der Waals surface area contributed by atoms with Gasteiger partial charge >= 0.3 is 0 Å². The number of amides is 1. The van der Waals surface area contributed by atoms with E-state index in [-0.39, 0.29) is 11.8 Å². The van der Waals surface area contributed by atoms with Crippen molar-refractivity contribution in [2.24, 2.45) is 5.92 Å². The van der Waals surface area contributed by atoms with Crippen LogP contribution >= 0.6 is 11.8 Å². The first-order chi connectivity index (χ1) is 15.7. The van der Waals surface area contributed by atoms with Crippen molar-refractivity contribution in [1.29, 1.82) is 0 Å². The lowest BCUT2D eigenvalue weighted by Crippen LogP contribution is -2.33. The summed E-state index contributed by atoms with van der Waals surface area (Å²) in [6.45, 7) is 5.11. The van der Waals surface area contributed by atoms with Gasteiger partial charge in [-0.3, -0.25) is 4.79 Å². The van der Waals surface area contributed by atoms with Crippen molar-refractivity contribution in [1.82, 2.24) is 5.32 Å². The van der Waals surface area contributed by atoms with Gasteiger partial charge < -0.3 is 15.0 Å². The van der Waals surface area contributed by atoms with Gasteiger partial charge in [0.15, 0.2) is 0 Å². The van der Waals surface area contributed by atoms with Crippen LogP contribution < -0.4 is 15.0 Å². The van der Waals surface area contributed by atoms with E-state index >= 15 is 0 Å². The SMILES string of the molecule is CC(Cc1ccc(OCCN2CCSc3ccccc32)cc1)C(=O)NCc1ccccc1. The molecule has 3 aromatic rings. The fourth-order valence-electron chi connectivity index (χ4n) is 3.86. The van der Waals surface area contributed by atoms with Gasteiger partial charge in [0, 0.05) is 29.7 Å². The zero-order chi connectivity index (χ0) is 22.2.